The zero-order valence-electron chi connectivity index (χ0n) is 27.6. The van der Waals surface area contributed by atoms with Crippen molar-refractivity contribution in [1.82, 2.24) is 44.9 Å². The maximum Gasteiger partial charge on any atom is 0.322 e. The van der Waals surface area contributed by atoms with E-state index in [4.69, 9.17) is 21.1 Å². The fourth-order valence-corrected chi connectivity index (χ4v) is 3.09. The monoisotopic (exact) mass is 637 g/mol. The van der Waals surface area contributed by atoms with Crippen molar-refractivity contribution in [3.63, 3.8) is 0 Å². The van der Waals surface area contributed by atoms with Gasteiger partial charge < -0.3 is 41.4 Å². The van der Waals surface area contributed by atoms with Gasteiger partial charge in [0, 0.05) is 37.8 Å². The van der Waals surface area contributed by atoms with Gasteiger partial charge in [-0.2, -0.15) is 44.9 Å². The van der Waals surface area contributed by atoms with Gasteiger partial charge in [-0.3, -0.25) is 0 Å². The first-order valence-electron chi connectivity index (χ1n) is 14.5. The predicted molar refractivity (Wildman–Crippen MR) is 176 cm³/mol. The van der Waals surface area contributed by atoms with E-state index < -0.39 is 0 Å². The smallest absolute Gasteiger partial charge is 0.322 e. The van der Waals surface area contributed by atoms with Gasteiger partial charge in [-0.15, -0.1) is 0 Å². The predicted octanol–water partition coefficient (Wildman–Crippen LogP) is 4.04. The molecule has 0 amide bonds. The molecule has 3 aromatic heterocycles. The van der Waals surface area contributed by atoms with Gasteiger partial charge in [-0.25, -0.2) is 0 Å². The van der Waals surface area contributed by atoms with Crippen molar-refractivity contribution < 1.29 is 9.47 Å². The fourth-order valence-electron chi connectivity index (χ4n) is 2.93. The van der Waals surface area contributed by atoms with Crippen molar-refractivity contribution in [2.75, 3.05) is 65.8 Å². The Morgan fingerprint density at radius 2 is 0.750 bits per heavy atom. The quantitative estimate of drug-likeness (QED) is 0.147. The van der Waals surface area contributed by atoms with E-state index in [0.29, 0.717) is 47.7 Å². The Morgan fingerprint density at radius 1 is 0.477 bits per heavy atom. The first-order chi connectivity index (χ1) is 20.9. The van der Waals surface area contributed by atoms with Crippen LogP contribution in [0.15, 0.2) is 0 Å². The Kier molecular flexibility index (Phi) is 17.7. The summed E-state index contributed by atoms with van der Waals surface area (Å²) in [5, 5.41) is 18.4. The Hall–Kier alpha value is -4.28. The number of methoxy groups -OCH3 is 2. The van der Waals surface area contributed by atoms with E-state index in [2.05, 4.69) is 76.8 Å². The van der Waals surface area contributed by atoms with Gasteiger partial charge in [0.25, 0.3) is 0 Å². The molecule has 0 unspecified atom stereocenters. The van der Waals surface area contributed by atoms with Crippen LogP contribution in [-0.2, 0) is 0 Å². The van der Waals surface area contributed by atoms with Gasteiger partial charge in [0.2, 0.25) is 41.0 Å². The maximum absolute atomic E-state index is 5.77. The molecule has 0 spiro atoms. The lowest BCUT2D eigenvalue weighted by molar-refractivity contribution is 0.379. The number of aromatic nitrogens is 9. The van der Waals surface area contributed by atoms with E-state index in [0.717, 1.165) is 19.6 Å². The second kappa shape index (κ2) is 20.6. The zero-order chi connectivity index (χ0) is 33.1. The molecule has 0 fully saturated rings. The second-order valence-corrected chi connectivity index (χ2v) is 10.0. The van der Waals surface area contributed by atoms with Crippen molar-refractivity contribution >= 4 is 47.3 Å². The number of nitrogens with one attached hydrogen (secondary N) is 6. The molecule has 0 saturated carbocycles. The van der Waals surface area contributed by atoms with Crippen LogP contribution in [0.25, 0.3) is 0 Å². The summed E-state index contributed by atoms with van der Waals surface area (Å²) in [5.74, 6) is 3.08. The minimum atomic E-state index is 0.191. The number of halogens is 1. The van der Waals surface area contributed by atoms with Gasteiger partial charge in [0.1, 0.15) is 0 Å². The number of hydrogen-bond acceptors (Lipinski definition) is 17. The molecule has 0 radical (unpaired) electrons. The third-order valence-electron chi connectivity index (χ3n) is 4.46. The highest BCUT2D eigenvalue weighted by Gasteiger charge is 2.08. The van der Waals surface area contributed by atoms with Crippen LogP contribution in [0.1, 0.15) is 62.3 Å². The number of rotatable bonds is 14. The average Bonchev–Trinajstić information content (AvgIpc) is 2.92. The van der Waals surface area contributed by atoms with Crippen molar-refractivity contribution in [2.24, 2.45) is 0 Å². The van der Waals surface area contributed by atoms with E-state index >= 15 is 0 Å². The number of hydrogen-bond donors (Lipinski definition) is 6. The van der Waals surface area contributed by atoms with E-state index in [1.807, 2.05) is 62.3 Å². The largest absolute Gasteiger partial charge is 0.467 e. The van der Waals surface area contributed by atoms with Crippen LogP contribution < -0.4 is 41.4 Å². The first kappa shape index (κ1) is 37.7. The summed E-state index contributed by atoms with van der Waals surface area (Å²) in [6.45, 7) is 20.3. The molecule has 18 heteroatoms. The SMILES string of the molecule is CC(C)Nc1nc(Cl)nc(NC(C)C)n1.CCNc1nc(NC(C)C)nc(OC)n1.CCNc1nc(NCC)nc(OC)n1. The minimum absolute atomic E-state index is 0.191. The lowest BCUT2D eigenvalue weighted by Gasteiger charge is -2.11. The Morgan fingerprint density at radius 3 is 1.05 bits per heavy atom. The van der Waals surface area contributed by atoms with Crippen molar-refractivity contribution in [2.45, 2.75) is 80.4 Å². The number of anilines is 6. The van der Waals surface area contributed by atoms with E-state index in [1.54, 1.807) is 0 Å². The third-order valence-corrected chi connectivity index (χ3v) is 4.63. The van der Waals surface area contributed by atoms with Gasteiger partial charge in [-0.05, 0) is 73.9 Å². The summed E-state index contributed by atoms with van der Waals surface area (Å²) in [4.78, 5) is 36.6. The Balaban J connectivity index is 0.000000330. The molecule has 0 saturated heterocycles. The molecule has 3 aromatic rings. The minimum Gasteiger partial charge on any atom is -0.467 e. The van der Waals surface area contributed by atoms with Crippen molar-refractivity contribution in [3.8, 4) is 12.0 Å². The van der Waals surface area contributed by atoms with Gasteiger partial charge in [0.05, 0.1) is 14.2 Å². The van der Waals surface area contributed by atoms with Crippen LogP contribution in [0, 0.1) is 0 Å². The second-order valence-electron chi connectivity index (χ2n) is 9.68. The maximum atomic E-state index is 5.77. The molecule has 6 N–H and O–H groups in total. The molecule has 3 heterocycles. The van der Waals surface area contributed by atoms with Crippen LogP contribution in [-0.4, -0.2) is 96.8 Å². The molecule has 0 bridgehead atoms. The summed E-state index contributed by atoms with van der Waals surface area (Å²) in [7, 11) is 3.06. The summed E-state index contributed by atoms with van der Waals surface area (Å²) in [5.41, 5.74) is 0. The van der Waals surface area contributed by atoms with Crippen molar-refractivity contribution in [1.29, 1.82) is 0 Å². The third kappa shape index (κ3) is 15.8. The molecular formula is C26H48ClN15O2. The topological polar surface area (TPSA) is 207 Å². The van der Waals surface area contributed by atoms with Crippen molar-refractivity contribution in [3.05, 3.63) is 5.28 Å². The molecule has 0 aliphatic rings. The molecule has 0 aliphatic carbocycles. The first-order valence-corrected chi connectivity index (χ1v) is 14.8. The highest BCUT2D eigenvalue weighted by atomic mass is 35.5. The summed E-state index contributed by atoms with van der Waals surface area (Å²) in [6, 6.07) is 1.41. The normalized spacial score (nSPS) is 10.2. The Bertz CT molecular complexity index is 1180. The van der Waals surface area contributed by atoms with Crippen LogP contribution >= 0.6 is 11.6 Å². The molecule has 17 nitrogen and oxygen atoms in total. The van der Waals surface area contributed by atoms with Crippen LogP contribution in [0.2, 0.25) is 5.28 Å². The van der Waals surface area contributed by atoms with E-state index in [-0.39, 0.29) is 23.4 Å². The van der Waals surface area contributed by atoms with Crippen LogP contribution in [0.3, 0.4) is 0 Å². The molecule has 0 aliphatic heterocycles. The van der Waals surface area contributed by atoms with Gasteiger partial charge in [0.15, 0.2) is 0 Å². The average molecular weight is 638 g/mol. The number of nitrogens with zero attached hydrogens (tertiary/aromatic N) is 9. The molecule has 3 rings (SSSR count). The highest BCUT2D eigenvalue weighted by Crippen LogP contribution is 2.12. The lowest BCUT2D eigenvalue weighted by atomic mass is 10.4. The Labute approximate surface area is 265 Å². The molecule has 0 aromatic carbocycles. The zero-order valence-corrected chi connectivity index (χ0v) is 28.3. The number of ether oxygens (including phenoxy) is 2. The fraction of sp³-hybridized carbons (Fsp3) is 0.654. The summed E-state index contributed by atoms with van der Waals surface area (Å²) in [6.07, 6.45) is 0. The molecule has 246 valence electrons. The summed E-state index contributed by atoms with van der Waals surface area (Å²) < 4.78 is 9.93. The van der Waals surface area contributed by atoms with E-state index in [9.17, 15) is 0 Å². The lowest BCUT2D eigenvalue weighted by Crippen LogP contribution is -2.17. The summed E-state index contributed by atoms with van der Waals surface area (Å²) >= 11 is 5.77. The molecular weight excluding hydrogens is 590 g/mol. The molecule has 0 atom stereocenters. The van der Waals surface area contributed by atoms with Gasteiger partial charge >= 0.3 is 12.0 Å². The highest BCUT2D eigenvalue weighted by molar-refractivity contribution is 6.28. The molecule has 44 heavy (non-hydrogen) atoms. The van der Waals surface area contributed by atoms with E-state index in [1.165, 1.54) is 14.2 Å². The van der Waals surface area contributed by atoms with Gasteiger partial charge in [-0.1, -0.05) is 0 Å². The van der Waals surface area contributed by atoms with Crippen LogP contribution in [0.5, 0.6) is 12.0 Å². The van der Waals surface area contributed by atoms with Crippen LogP contribution in [0.4, 0.5) is 35.7 Å². The standard InChI is InChI=1S/C9H16ClN5.C9H17N5O.C8H15N5O/c1-5(2)11-8-13-7(10)14-9(15-8)12-6(3)4;1-5-10-7-12-8(11-6(2)3)14-9(13-7)15-4;1-4-9-6-11-7(10-5-2)13-8(12-6)14-3/h5-6H,1-4H3,(H2,11,12,13,14,15);6H,5H2,1-4H3,(H2,10,11,12,13,14);4-5H2,1-3H3,(H2,9,10,11,12,13).